The second kappa shape index (κ2) is 6.94. The molecule has 2 nitrogen and oxygen atoms in total. The molecule has 0 bridgehead atoms. The predicted molar refractivity (Wildman–Crippen MR) is 65.1 cm³/mol. The molecule has 84 valence electrons. The zero-order valence-electron chi connectivity index (χ0n) is 8.72. The Labute approximate surface area is 101 Å². The summed E-state index contributed by atoms with van der Waals surface area (Å²) in [5, 5.41) is 4.33. The third-order valence-electron chi connectivity index (χ3n) is 1.97. The number of hydrogen-bond acceptors (Lipinski definition) is 2. The normalized spacial score (nSPS) is 10.3. The Balaban J connectivity index is 2.33. The van der Waals surface area contributed by atoms with Crippen molar-refractivity contribution in [3.8, 4) is 5.75 Å². The molecule has 1 aromatic carbocycles. The molecule has 0 unspecified atom stereocenters. The molecule has 4 heteroatoms. The van der Waals surface area contributed by atoms with Gasteiger partial charge in [-0.15, -0.1) is 0 Å². The monoisotopic (exact) mass is 247 g/mol. The van der Waals surface area contributed by atoms with E-state index in [1.165, 1.54) is 0 Å². The van der Waals surface area contributed by atoms with E-state index in [0.717, 1.165) is 19.4 Å². The molecule has 0 amide bonds. The van der Waals surface area contributed by atoms with Crippen molar-refractivity contribution in [3.05, 3.63) is 28.2 Å². The number of rotatable bonds is 6. The summed E-state index contributed by atoms with van der Waals surface area (Å²) in [5.74, 6) is 0.661. The van der Waals surface area contributed by atoms with Crippen molar-refractivity contribution in [1.82, 2.24) is 5.32 Å². The summed E-state index contributed by atoms with van der Waals surface area (Å²) in [6, 6.07) is 5.23. The van der Waals surface area contributed by atoms with Crippen molar-refractivity contribution in [2.24, 2.45) is 0 Å². The van der Waals surface area contributed by atoms with E-state index in [0.29, 0.717) is 22.4 Å². The minimum absolute atomic E-state index is 0.605. The van der Waals surface area contributed by atoms with Crippen molar-refractivity contribution >= 4 is 23.2 Å². The molecular weight excluding hydrogens is 233 g/mol. The molecule has 0 radical (unpaired) electrons. The van der Waals surface area contributed by atoms with Crippen molar-refractivity contribution in [3.63, 3.8) is 0 Å². The van der Waals surface area contributed by atoms with Crippen LogP contribution in [0.2, 0.25) is 10.0 Å². The zero-order chi connectivity index (χ0) is 11.1. The molecule has 0 spiro atoms. The molecule has 0 saturated heterocycles. The summed E-state index contributed by atoms with van der Waals surface area (Å²) >= 11 is 11.8. The molecule has 0 aromatic heterocycles. The van der Waals surface area contributed by atoms with E-state index < -0.39 is 0 Å². The minimum atomic E-state index is 0.605. The zero-order valence-corrected chi connectivity index (χ0v) is 10.2. The standard InChI is InChI=1S/C11H15Cl2NO/c1-14-6-2-3-7-15-11-8-9(12)4-5-10(11)13/h4-5,8,14H,2-3,6-7H2,1H3. The Hall–Kier alpha value is -0.440. The molecule has 1 aromatic rings. The third kappa shape index (κ3) is 4.74. The highest BCUT2D eigenvalue weighted by Gasteiger charge is 2.01. The predicted octanol–water partition coefficient (Wildman–Crippen LogP) is 3.37. The summed E-state index contributed by atoms with van der Waals surface area (Å²) in [6.07, 6.45) is 2.10. The van der Waals surface area contributed by atoms with E-state index >= 15 is 0 Å². The van der Waals surface area contributed by atoms with Gasteiger partial charge in [0.25, 0.3) is 0 Å². The van der Waals surface area contributed by atoms with Crippen LogP contribution >= 0.6 is 23.2 Å². The maximum absolute atomic E-state index is 5.94. The molecule has 0 aliphatic carbocycles. The lowest BCUT2D eigenvalue weighted by molar-refractivity contribution is 0.306. The van der Waals surface area contributed by atoms with Crippen LogP contribution in [0.3, 0.4) is 0 Å². The number of halogens is 2. The Bertz CT molecular complexity index is 305. The van der Waals surface area contributed by atoms with E-state index in [1.807, 2.05) is 7.05 Å². The largest absolute Gasteiger partial charge is 0.492 e. The Morgan fingerprint density at radius 2 is 2.07 bits per heavy atom. The number of hydrogen-bond donors (Lipinski definition) is 1. The lowest BCUT2D eigenvalue weighted by atomic mass is 10.3. The van der Waals surface area contributed by atoms with Crippen LogP contribution in [-0.4, -0.2) is 20.2 Å². The average molecular weight is 248 g/mol. The fourth-order valence-electron chi connectivity index (χ4n) is 1.17. The molecule has 15 heavy (non-hydrogen) atoms. The van der Waals surface area contributed by atoms with Gasteiger partial charge in [-0.1, -0.05) is 23.2 Å². The van der Waals surface area contributed by atoms with Crippen molar-refractivity contribution in [1.29, 1.82) is 0 Å². The van der Waals surface area contributed by atoms with Gasteiger partial charge < -0.3 is 10.1 Å². The molecule has 1 N–H and O–H groups in total. The van der Waals surface area contributed by atoms with Gasteiger partial charge in [0, 0.05) is 11.1 Å². The topological polar surface area (TPSA) is 21.3 Å². The Morgan fingerprint density at radius 3 is 2.80 bits per heavy atom. The van der Waals surface area contributed by atoms with Crippen LogP contribution < -0.4 is 10.1 Å². The van der Waals surface area contributed by atoms with Crippen molar-refractivity contribution in [2.45, 2.75) is 12.8 Å². The first-order valence-electron chi connectivity index (χ1n) is 4.96. The lowest BCUT2D eigenvalue weighted by Gasteiger charge is -2.08. The summed E-state index contributed by atoms with van der Waals surface area (Å²) in [5.41, 5.74) is 0. The number of benzene rings is 1. The van der Waals surface area contributed by atoms with Crippen LogP contribution in [0.15, 0.2) is 18.2 Å². The van der Waals surface area contributed by atoms with Gasteiger partial charge in [-0.3, -0.25) is 0 Å². The minimum Gasteiger partial charge on any atom is -0.492 e. The van der Waals surface area contributed by atoms with E-state index in [-0.39, 0.29) is 0 Å². The van der Waals surface area contributed by atoms with Crippen LogP contribution in [0, 0.1) is 0 Å². The molecule has 0 saturated carbocycles. The summed E-state index contributed by atoms with van der Waals surface area (Å²) < 4.78 is 5.52. The maximum atomic E-state index is 5.94. The molecule has 0 fully saturated rings. The highest BCUT2D eigenvalue weighted by Crippen LogP contribution is 2.27. The molecule has 0 heterocycles. The van der Waals surface area contributed by atoms with Gasteiger partial charge in [0.15, 0.2) is 0 Å². The molecule has 1 rings (SSSR count). The van der Waals surface area contributed by atoms with Gasteiger partial charge in [-0.25, -0.2) is 0 Å². The number of nitrogens with one attached hydrogen (secondary N) is 1. The lowest BCUT2D eigenvalue weighted by Crippen LogP contribution is -2.09. The van der Waals surface area contributed by atoms with Gasteiger partial charge >= 0.3 is 0 Å². The van der Waals surface area contributed by atoms with E-state index in [2.05, 4.69) is 5.32 Å². The smallest absolute Gasteiger partial charge is 0.139 e. The fraction of sp³-hybridized carbons (Fsp3) is 0.455. The van der Waals surface area contributed by atoms with Gasteiger partial charge in [0.05, 0.1) is 11.6 Å². The van der Waals surface area contributed by atoms with Gasteiger partial charge in [0.1, 0.15) is 5.75 Å². The fourth-order valence-corrected chi connectivity index (χ4v) is 1.51. The summed E-state index contributed by atoms with van der Waals surface area (Å²) in [7, 11) is 1.94. The highest BCUT2D eigenvalue weighted by molar-refractivity contribution is 6.34. The Kier molecular flexibility index (Phi) is 5.84. The van der Waals surface area contributed by atoms with Crippen LogP contribution in [0.1, 0.15) is 12.8 Å². The van der Waals surface area contributed by atoms with Crippen molar-refractivity contribution < 1.29 is 4.74 Å². The maximum Gasteiger partial charge on any atom is 0.139 e. The van der Waals surface area contributed by atoms with Crippen LogP contribution in [-0.2, 0) is 0 Å². The highest BCUT2D eigenvalue weighted by atomic mass is 35.5. The van der Waals surface area contributed by atoms with E-state index in [9.17, 15) is 0 Å². The second-order valence-corrected chi connectivity index (χ2v) is 4.08. The van der Waals surface area contributed by atoms with Crippen molar-refractivity contribution in [2.75, 3.05) is 20.2 Å². The molecule has 0 atom stereocenters. The number of ether oxygens (including phenoxy) is 1. The van der Waals surface area contributed by atoms with Crippen LogP contribution in [0.25, 0.3) is 0 Å². The molecule has 0 aliphatic rings. The van der Waals surface area contributed by atoms with Gasteiger partial charge in [0.2, 0.25) is 0 Å². The second-order valence-electron chi connectivity index (χ2n) is 3.23. The quantitative estimate of drug-likeness (QED) is 0.779. The Morgan fingerprint density at radius 1 is 1.27 bits per heavy atom. The third-order valence-corrected chi connectivity index (χ3v) is 2.52. The van der Waals surface area contributed by atoms with Gasteiger partial charge in [-0.05, 0) is 38.6 Å². The summed E-state index contributed by atoms with van der Waals surface area (Å²) in [6.45, 7) is 1.67. The first-order valence-corrected chi connectivity index (χ1v) is 5.72. The van der Waals surface area contributed by atoms with Crippen LogP contribution in [0.5, 0.6) is 5.75 Å². The van der Waals surface area contributed by atoms with E-state index in [1.54, 1.807) is 18.2 Å². The average Bonchev–Trinajstić information content (AvgIpc) is 2.23. The molecular formula is C11H15Cl2NO. The SMILES string of the molecule is CNCCCCOc1cc(Cl)ccc1Cl. The first kappa shape index (κ1) is 12.6. The van der Waals surface area contributed by atoms with Gasteiger partial charge in [-0.2, -0.15) is 0 Å². The summed E-state index contributed by atoms with van der Waals surface area (Å²) in [4.78, 5) is 0. The van der Waals surface area contributed by atoms with Crippen LogP contribution in [0.4, 0.5) is 0 Å². The molecule has 0 aliphatic heterocycles. The first-order chi connectivity index (χ1) is 7.24. The number of unbranched alkanes of at least 4 members (excludes halogenated alkanes) is 1. The van der Waals surface area contributed by atoms with E-state index in [4.69, 9.17) is 27.9 Å².